The van der Waals surface area contributed by atoms with Crippen molar-refractivity contribution in [2.75, 3.05) is 0 Å². The van der Waals surface area contributed by atoms with Crippen LogP contribution in [0.15, 0.2) is 36.9 Å². The average molecular weight is 216 g/mol. The highest BCUT2D eigenvalue weighted by atomic mass is 14.3. The van der Waals surface area contributed by atoms with Gasteiger partial charge >= 0.3 is 0 Å². The van der Waals surface area contributed by atoms with E-state index in [2.05, 4.69) is 52.1 Å². The number of rotatable bonds is 4. The molecule has 0 saturated heterocycles. The largest absolute Gasteiger partial charge is 0.170 e. The molecule has 1 unspecified atom stereocenters. The van der Waals surface area contributed by atoms with E-state index in [0.717, 1.165) is 18.7 Å². The quantitative estimate of drug-likeness (QED) is 0.468. The molecule has 88 valence electrons. The lowest BCUT2D eigenvalue weighted by Gasteiger charge is -2.33. The third kappa shape index (κ3) is 3.70. The van der Waals surface area contributed by atoms with Gasteiger partial charge in [-0.15, -0.1) is 19.1 Å². The molecule has 0 N–H and O–H groups in total. The number of allylic oxidation sites excluding steroid dienone is 3. The Kier molecular flexibility index (Phi) is 4.64. The van der Waals surface area contributed by atoms with Gasteiger partial charge in [0.25, 0.3) is 0 Å². The van der Waals surface area contributed by atoms with Crippen molar-refractivity contribution in [2.45, 2.75) is 46.3 Å². The summed E-state index contributed by atoms with van der Waals surface area (Å²) >= 11 is 0. The Bertz CT molecular complexity index is 280. The summed E-state index contributed by atoms with van der Waals surface area (Å²) in [7, 11) is 0. The first-order valence-electron chi connectivity index (χ1n) is 6.40. The van der Waals surface area contributed by atoms with Crippen molar-refractivity contribution < 1.29 is 0 Å². The summed E-state index contributed by atoms with van der Waals surface area (Å²) in [6.45, 7) is 15.4. The van der Waals surface area contributed by atoms with Crippen LogP contribution < -0.4 is 0 Å². The van der Waals surface area contributed by atoms with E-state index in [1.165, 1.54) is 12.7 Å². The molecule has 1 aliphatic heterocycles. The number of hydrogen-bond acceptors (Lipinski definition) is 0. The first-order valence-corrected chi connectivity index (χ1v) is 6.40. The Morgan fingerprint density at radius 3 is 2.56 bits per heavy atom. The zero-order valence-electron chi connectivity index (χ0n) is 11.1. The SMILES string of the molecule is C=CCB1C=C(C(C)(C)C)CC(CC=C)C1. The molecule has 1 aliphatic rings. The maximum absolute atomic E-state index is 3.87. The van der Waals surface area contributed by atoms with Gasteiger partial charge in [0.2, 0.25) is 0 Å². The predicted octanol–water partition coefficient (Wildman–Crippen LogP) is 4.77. The molecule has 1 rings (SSSR count). The Morgan fingerprint density at radius 2 is 2.06 bits per heavy atom. The van der Waals surface area contributed by atoms with Gasteiger partial charge in [0.1, 0.15) is 0 Å². The second-order valence-corrected chi connectivity index (χ2v) is 6.06. The fourth-order valence-corrected chi connectivity index (χ4v) is 2.59. The van der Waals surface area contributed by atoms with Crippen molar-refractivity contribution in [1.82, 2.24) is 0 Å². The summed E-state index contributed by atoms with van der Waals surface area (Å²) in [4.78, 5) is 0. The normalized spacial score (nSPS) is 21.6. The second-order valence-electron chi connectivity index (χ2n) is 6.06. The molecular formula is C15H25B. The fraction of sp³-hybridized carbons (Fsp3) is 0.600. The van der Waals surface area contributed by atoms with E-state index in [4.69, 9.17) is 0 Å². The first kappa shape index (κ1) is 13.4. The summed E-state index contributed by atoms with van der Waals surface area (Å²) in [6.07, 6.45) is 8.95. The molecule has 0 fully saturated rings. The van der Waals surface area contributed by atoms with Crippen molar-refractivity contribution in [2.24, 2.45) is 11.3 Å². The molecule has 1 heterocycles. The van der Waals surface area contributed by atoms with Gasteiger partial charge in [0.15, 0.2) is 6.71 Å². The van der Waals surface area contributed by atoms with Gasteiger partial charge in [-0.3, -0.25) is 0 Å². The Labute approximate surface area is 102 Å². The van der Waals surface area contributed by atoms with Crippen LogP contribution in [0.25, 0.3) is 0 Å². The van der Waals surface area contributed by atoms with Crippen molar-refractivity contribution in [1.29, 1.82) is 0 Å². The van der Waals surface area contributed by atoms with Gasteiger partial charge in [-0.05, 0) is 24.2 Å². The molecule has 0 amide bonds. The van der Waals surface area contributed by atoms with Crippen LogP contribution in [0.3, 0.4) is 0 Å². The Hall–Kier alpha value is -0.715. The second kappa shape index (κ2) is 5.56. The molecule has 0 radical (unpaired) electrons. The topological polar surface area (TPSA) is 0 Å². The van der Waals surface area contributed by atoms with Gasteiger partial charge in [0, 0.05) is 0 Å². The lowest BCUT2D eigenvalue weighted by Crippen LogP contribution is -2.25. The Morgan fingerprint density at radius 1 is 1.38 bits per heavy atom. The molecule has 0 bridgehead atoms. The fourth-order valence-electron chi connectivity index (χ4n) is 2.59. The zero-order chi connectivity index (χ0) is 12.2. The number of hydrogen-bond donors (Lipinski definition) is 0. The van der Waals surface area contributed by atoms with Crippen LogP contribution in [-0.4, -0.2) is 6.71 Å². The van der Waals surface area contributed by atoms with Crippen molar-refractivity contribution in [3.8, 4) is 0 Å². The minimum Gasteiger partial charge on any atom is -0.115 e. The van der Waals surface area contributed by atoms with Crippen LogP contribution in [0.2, 0.25) is 12.6 Å². The molecular weight excluding hydrogens is 191 g/mol. The van der Waals surface area contributed by atoms with Crippen LogP contribution in [0.1, 0.15) is 33.6 Å². The van der Waals surface area contributed by atoms with E-state index in [1.54, 1.807) is 5.57 Å². The average Bonchev–Trinajstić information content (AvgIpc) is 2.17. The van der Waals surface area contributed by atoms with Crippen LogP contribution in [0, 0.1) is 11.3 Å². The standard InChI is InChI=1S/C15H25B/c1-6-8-13-10-14(15(3,4)5)12-16(11-13)9-7-2/h6-7,12-13H,1-2,8-11H2,3-5H3. The highest BCUT2D eigenvalue weighted by Gasteiger charge is 2.28. The van der Waals surface area contributed by atoms with Gasteiger partial charge in [-0.25, -0.2) is 0 Å². The highest BCUT2D eigenvalue weighted by Crippen LogP contribution is 2.38. The summed E-state index contributed by atoms with van der Waals surface area (Å²) in [5, 5.41) is 0. The van der Waals surface area contributed by atoms with Gasteiger partial charge in [-0.1, -0.05) is 51.1 Å². The molecule has 0 spiro atoms. The van der Waals surface area contributed by atoms with Crippen LogP contribution in [0.5, 0.6) is 0 Å². The lowest BCUT2D eigenvalue weighted by atomic mass is 9.39. The van der Waals surface area contributed by atoms with Crippen LogP contribution in [0.4, 0.5) is 0 Å². The smallest absolute Gasteiger partial charge is 0.115 e. The Balaban J connectivity index is 2.81. The van der Waals surface area contributed by atoms with E-state index in [0.29, 0.717) is 12.1 Å². The molecule has 0 aromatic rings. The molecule has 0 saturated carbocycles. The van der Waals surface area contributed by atoms with Crippen LogP contribution >= 0.6 is 0 Å². The minimum atomic E-state index is 0.319. The van der Waals surface area contributed by atoms with E-state index in [9.17, 15) is 0 Å². The maximum atomic E-state index is 3.87. The van der Waals surface area contributed by atoms with E-state index < -0.39 is 0 Å². The van der Waals surface area contributed by atoms with E-state index in [1.807, 2.05) is 0 Å². The molecule has 1 heteroatoms. The predicted molar refractivity (Wildman–Crippen MR) is 76.0 cm³/mol. The summed E-state index contributed by atoms with van der Waals surface area (Å²) in [6, 6.07) is 0. The minimum absolute atomic E-state index is 0.319. The first-order chi connectivity index (χ1) is 7.47. The molecule has 0 aromatic heterocycles. The lowest BCUT2D eigenvalue weighted by molar-refractivity contribution is 0.437. The molecule has 0 aliphatic carbocycles. The third-order valence-corrected chi connectivity index (χ3v) is 3.51. The maximum Gasteiger partial charge on any atom is 0.170 e. The third-order valence-electron chi connectivity index (χ3n) is 3.51. The van der Waals surface area contributed by atoms with Gasteiger partial charge < -0.3 is 0 Å². The molecule has 0 nitrogen and oxygen atoms in total. The molecule has 0 aromatic carbocycles. The van der Waals surface area contributed by atoms with Gasteiger partial charge in [0.05, 0.1) is 0 Å². The monoisotopic (exact) mass is 216 g/mol. The van der Waals surface area contributed by atoms with Crippen LogP contribution in [-0.2, 0) is 0 Å². The zero-order valence-corrected chi connectivity index (χ0v) is 11.1. The van der Waals surface area contributed by atoms with E-state index >= 15 is 0 Å². The van der Waals surface area contributed by atoms with Crippen molar-refractivity contribution in [3.05, 3.63) is 36.9 Å². The summed E-state index contributed by atoms with van der Waals surface area (Å²) in [5.74, 6) is 3.29. The highest BCUT2D eigenvalue weighted by molar-refractivity contribution is 6.65. The summed E-state index contributed by atoms with van der Waals surface area (Å²) < 4.78 is 0. The van der Waals surface area contributed by atoms with Crippen molar-refractivity contribution >= 4 is 6.71 Å². The van der Waals surface area contributed by atoms with E-state index in [-0.39, 0.29) is 0 Å². The summed E-state index contributed by atoms with van der Waals surface area (Å²) in [5.41, 5.74) is 1.94. The van der Waals surface area contributed by atoms with Crippen molar-refractivity contribution in [3.63, 3.8) is 0 Å². The van der Waals surface area contributed by atoms with Gasteiger partial charge in [-0.2, -0.15) is 0 Å². The molecule has 1 atom stereocenters. The molecule has 16 heavy (non-hydrogen) atoms.